The average molecular weight is 360 g/mol. The molecule has 0 aliphatic heterocycles. The van der Waals surface area contributed by atoms with Crippen molar-refractivity contribution in [2.24, 2.45) is 4.99 Å². The highest BCUT2D eigenvalue weighted by atomic mass is 32.1. The van der Waals surface area contributed by atoms with Crippen LogP contribution in [0.25, 0.3) is 0 Å². The molecule has 0 unspecified atom stereocenters. The molecule has 0 aliphatic rings. The fraction of sp³-hybridized carbons (Fsp3) is 0.474. The molecular weight excluding hydrogens is 330 g/mol. The Morgan fingerprint density at radius 1 is 1.12 bits per heavy atom. The normalized spacial score (nSPS) is 12.2. The van der Waals surface area contributed by atoms with Gasteiger partial charge < -0.3 is 15.5 Å². The Labute approximate surface area is 155 Å². The van der Waals surface area contributed by atoms with E-state index in [0.717, 1.165) is 23.3 Å². The Bertz CT molecular complexity index is 695. The van der Waals surface area contributed by atoms with Crippen LogP contribution in [0.2, 0.25) is 0 Å². The summed E-state index contributed by atoms with van der Waals surface area (Å²) in [4.78, 5) is 10.9. The quantitative estimate of drug-likeness (QED) is 0.635. The molecule has 0 radical (unpaired) electrons. The van der Waals surface area contributed by atoms with Crippen molar-refractivity contribution in [2.45, 2.75) is 39.3 Å². The van der Waals surface area contributed by atoms with E-state index in [9.17, 15) is 0 Å². The lowest BCUT2D eigenvalue weighted by molar-refractivity contribution is 0.590. The molecule has 25 heavy (non-hydrogen) atoms. The van der Waals surface area contributed by atoms with E-state index in [2.05, 4.69) is 71.0 Å². The molecule has 0 saturated carbocycles. The number of thiazole rings is 1. The van der Waals surface area contributed by atoms with E-state index < -0.39 is 0 Å². The van der Waals surface area contributed by atoms with Crippen molar-refractivity contribution in [1.82, 2.24) is 15.6 Å². The zero-order valence-electron chi connectivity index (χ0n) is 16.1. The predicted octanol–water partition coefficient (Wildman–Crippen LogP) is 3.37. The van der Waals surface area contributed by atoms with Gasteiger partial charge in [0.1, 0.15) is 0 Å². The third kappa shape index (κ3) is 5.74. The average Bonchev–Trinajstić information content (AvgIpc) is 3.04. The van der Waals surface area contributed by atoms with Gasteiger partial charge >= 0.3 is 0 Å². The molecule has 1 aromatic heterocycles. The topological polar surface area (TPSA) is 52.6 Å². The zero-order chi connectivity index (χ0) is 18.4. The number of rotatable bonds is 5. The molecule has 1 heterocycles. The highest BCUT2D eigenvalue weighted by Gasteiger charge is 2.12. The van der Waals surface area contributed by atoms with E-state index in [4.69, 9.17) is 0 Å². The van der Waals surface area contributed by atoms with Gasteiger partial charge in [0.2, 0.25) is 0 Å². The summed E-state index contributed by atoms with van der Waals surface area (Å²) in [5.41, 5.74) is 3.78. The summed E-state index contributed by atoms with van der Waals surface area (Å²) in [6, 6.07) is 8.74. The summed E-state index contributed by atoms with van der Waals surface area (Å²) in [7, 11) is 5.78. The Hall–Kier alpha value is -2.08. The first kappa shape index (κ1) is 19.2. The standard InChI is InChI=1S/C19H29N5S/c1-19(2,3)15-9-7-14(8-10-15)11-21-17(20-4)22-12-16-13-25-18(23-16)24(5)6/h7-10,13H,11-12H2,1-6H3,(H2,20,21,22). The highest BCUT2D eigenvalue weighted by Crippen LogP contribution is 2.22. The van der Waals surface area contributed by atoms with E-state index >= 15 is 0 Å². The number of hydrogen-bond donors (Lipinski definition) is 2. The van der Waals surface area contributed by atoms with Crippen LogP contribution in [0.3, 0.4) is 0 Å². The van der Waals surface area contributed by atoms with Crippen molar-refractivity contribution < 1.29 is 0 Å². The number of nitrogens with one attached hydrogen (secondary N) is 2. The Balaban J connectivity index is 1.85. The van der Waals surface area contributed by atoms with E-state index in [1.807, 2.05) is 19.0 Å². The maximum Gasteiger partial charge on any atom is 0.191 e. The SMILES string of the molecule is CN=C(NCc1ccc(C(C)(C)C)cc1)NCc1csc(N(C)C)n1. The largest absolute Gasteiger partial charge is 0.354 e. The van der Waals surface area contributed by atoms with Crippen LogP contribution in [-0.4, -0.2) is 32.1 Å². The molecule has 0 amide bonds. The van der Waals surface area contributed by atoms with Crippen molar-refractivity contribution in [3.05, 3.63) is 46.5 Å². The molecule has 0 saturated heterocycles. The number of nitrogens with zero attached hydrogens (tertiary/aromatic N) is 3. The first-order valence-electron chi connectivity index (χ1n) is 8.45. The van der Waals surface area contributed by atoms with Crippen molar-refractivity contribution in [1.29, 1.82) is 0 Å². The summed E-state index contributed by atoms with van der Waals surface area (Å²) in [5.74, 6) is 0.777. The molecule has 5 nitrogen and oxygen atoms in total. The molecule has 2 rings (SSSR count). The van der Waals surface area contributed by atoms with Gasteiger partial charge in [0.25, 0.3) is 0 Å². The van der Waals surface area contributed by atoms with Crippen LogP contribution in [0.1, 0.15) is 37.6 Å². The lowest BCUT2D eigenvalue weighted by Gasteiger charge is -2.19. The van der Waals surface area contributed by atoms with Crippen LogP contribution in [0, 0.1) is 0 Å². The fourth-order valence-electron chi connectivity index (χ4n) is 2.29. The third-order valence-electron chi connectivity index (χ3n) is 3.86. The number of benzene rings is 1. The predicted molar refractivity (Wildman–Crippen MR) is 109 cm³/mol. The van der Waals surface area contributed by atoms with Crippen LogP contribution in [0.4, 0.5) is 5.13 Å². The first-order valence-corrected chi connectivity index (χ1v) is 9.33. The van der Waals surface area contributed by atoms with Crippen molar-refractivity contribution >= 4 is 22.4 Å². The second-order valence-electron chi connectivity index (χ2n) is 7.24. The molecule has 0 aliphatic carbocycles. The first-order chi connectivity index (χ1) is 11.8. The van der Waals surface area contributed by atoms with Crippen molar-refractivity contribution in [3.63, 3.8) is 0 Å². The van der Waals surface area contributed by atoms with E-state index in [-0.39, 0.29) is 5.41 Å². The van der Waals surface area contributed by atoms with Crippen molar-refractivity contribution in [3.8, 4) is 0 Å². The summed E-state index contributed by atoms with van der Waals surface area (Å²) in [6.07, 6.45) is 0. The zero-order valence-corrected chi connectivity index (χ0v) is 16.9. The van der Waals surface area contributed by atoms with E-state index in [0.29, 0.717) is 6.54 Å². The lowest BCUT2D eigenvalue weighted by atomic mass is 9.87. The van der Waals surface area contributed by atoms with Crippen LogP contribution in [-0.2, 0) is 18.5 Å². The summed E-state index contributed by atoms with van der Waals surface area (Å²) in [5, 5.41) is 9.74. The van der Waals surface area contributed by atoms with Gasteiger partial charge in [0, 0.05) is 33.1 Å². The minimum atomic E-state index is 0.183. The molecule has 0 atom stereocenters. The van der Waals surface area contributed by atoms with Crippen LogP contribution in [0.15, 0.2) is 34.6 Å². The monoisotopic (exact) mass is 359 g/mol. The molecule has 2 aromatic rings. The van der Waals surface area contributed by atoms with Crippen LogP contribution >= 0.6 is 11.3 Å². The number of aliphatic imine (C=N–C) groups is 1. The Kier molecular flexibility index (Phi) is 6.42. The highest BCUT2D eigenvalue weighted by molar-refractivity contribution is 7.13. The second kappa shape index (κ2) is 8.34. The van der Waals surface area contributed by atoms with Gasteiger partial charge in [-0.15, -0.1) is 11.3 Å². The summed E-state index contributed by atoms with van der Waals surface area (Å²) >= 11 is 1.64. The van der Waals surface area contributed by atoms with Gasteiger partial charge in [-0.1, -0.05) is 45.0 Å². The third-order valence-corrected chi connectivity index (χ3v) is 4.92. The van der Waals surface area contributed by atoms with Gasteiger partial charge in [-0.3, -0.25) is 4.99 Å². The van der Waals surface area contributed by atoms with Gasteiger partial charge in [-0.05, 0) is 16.5 Å². The smallest absolute Gasteiger partial charge is 0.191 e. The minimum absolute atomic E-state index is 0.183. The van der Waals surface area contributed by atoms with E-state index in [1.54, 1.807) is 18.4 Å². The maximum atomic E-state index is 4.57. The Morgan fingerprint density at radius 3 is 2.28 bits per heavy atom. The van der Waals surface area contributed by atoms with Gasteiger partial charge in [-0.25, -0.2) is 4.98 Å². The molecule has 0 spiro atoms. The molecule has 136 valence electrons. The lowest BCUT2D eigenvalue weighted by Crippen LogP contribution is -2.36. The summed E-state index contributed by atoms with van der Waals surface area (Å²) < 4.78 is 0. The van der Waals surface area contributed by atoms with Gasteiger partial charge in [-0.2, -0.15) is 0 Å². The molecule has 0 bridgehead atoms. The van der Waals surface area contributed by atoms with Crippen molar-refractivity contribution in [2.75, 3.05) is 26.0 Å². The second-order valence-corrected chi connectivity index (χ2v) is 8.08. The number of aromatic nitrogens is 1. The van der Waals surface area contributed by atoms with E-state index in [1.165, 1.54) is 11.1 Å². The molecule has 6 heteroatoms. The number of anilines is 1. The molecule has 1 aromatic carbocycles. The van der Waals surface area contributed by atoms with Crippen LogP contribution < -0.4 is 15.5 Å². The van der Waals surface area contributed by atoms with Gasteiger partial charge in [0.05, 0.1) is 12.2 Å². The molecule has 0 fully saturated rings. The molecular formula is C19H29N5S. The summed E-state index contributed by atoms with van der Waals surface area (Å²) in [6.45, 7) is 8.09. The number of hydrogen-bond acceptors (Lipinski definition) is 4. The van der Waals surface area contributed by atoms with Gasteiger partial charge in [0.15, 0.2) is 11.1 Å². The molecule has 2 N–H and O–H groups in total. The fourth-order valence-corrected chi connectivity index (χ4v) is 3.04. The Morgan fingerprint density at radius 2 is 1.76 bits per heavy atom. The number of guanidine groups is 1. The van der Waals surface area contributed by atoms with Crippen LogP contribution in [0.5, 0.6) is 0 Å². The minimum Gasteiger partial charge on any atom is -0.354 e. The maximum absolute atomic E-state index is 4.57.